The zero-order valence-electron chi connectivity index (χ0n) is 63.8. The second-order valence-electron chi connectivity index (χ2n) is 32.0. The minimum absolute atomic E-state index is 0.188. The zero-order chi connectivity index (χ0) is 74.5. The molecule has 0 bridgehead atoms. The van der Waals surface area contributed by atoms with Gasteiger partial charge < -0.3 is 52.9 Å². The molecular weight excluding hydrogens is 1370 g/mol. The van der Waals surface area contributed by atoms with Gasteiger partial charge in [0.1, 0.15) is 29.0 Å². The molecule has 5 saturated heterocycles. The number of likely N-dealkylation sites (tertiary alicyclic amines) is 5. The van der Waals surface area contributed by atoms with E-state index in [0.717, 1.165) is 231 Å². The summed E-state index contributed by atoms with van der Waals surface area (Å²) < 4.78 is 34.2. The summed E-state index contributed by atoms with van der Waals surface area (Å²) in [5.74, 6) is 1.55. The molecule has 22 heteroatoms. The van der Waals surface area contributed by atoms with Crippen molar-refractivity contribution >= 4 is 58.9 Å². The first-order valence-corrected chi connectivity index (χ1v) is 40.7. The molecule has 22 nitrogen and oxygen atoms in total. The van der Waals surface area contributed by atoms with Crippen molar-refractivity contribution in [1.29, 1.82) is 0 Å². The highest BCUT2D eigenvalue weighted by Crippen LogP contribution is 2.49. The molecule has 9 aliphatic heterocycles. The molecular formula is C86H114N10O12. The van der Waals surface area contributed by atoms with Crippen molar-refractivity contribution in [3.8, 4) is 0 Å². The van der Waals surface area contributed by atoms with E-state index in [1.165, 1.54) is 63.5 Å². The van der Waals surface area contributed by atoms with Crippen molar-refractivity contribution in [2.75, 3.05) is 107 Å². The molecule has 108 heavy (non-hydrogen) atoms. The number of nitrogens with zero attached hydrogens (tertiary/aromatic N) is 6. The Morgan fingerprint density at radius 1 is 0.463 bits per heavy atom. The molecule has 580 valence electrons. The fourth-order valence-electron chi connectivity index (χ4n) is 19.7. The van der Waals surface area contributed by atoms with Gasteiger partial charge in [0.15, 0.2) is 0 Å². The van der Waals surface area contributed by atoms with Crippen LogP contribution in [0.5, 0.6) is 0 Å². The third kappa shape index (κ3) is 17.8. The number of piperidine rings is 5. The van der Waals surface area contributed by atoms with Gasteiger partial charge in [-0.3, -0.25) is 26.2 Å². The lowest BCUT2D eigenvalue weighted by molar-refractivity contribution is -0.0729. The number of hydrogen-bond acceptors (Lipinski definition) is 17. The first kappa shape index (κ1) is 76.5. The number of oxime groups is 1. The molecule has 4 spiro atoms. The average Bonchev–Trinajstić information content (AvgIpc) is 0.775. The van der Waals surface area contributed by atoms with E-state index in [0.29, 0.717) is 37.3 Å². The molecule has 2 atom stereocenters. The second-order valence-corrected chi connectivity index (χ2v) is 32.0. The van der Waals surface area contributed by atoms with Crippen LogP contribution in [0.1, 0.15) is 196 Å². The highest BCUT2D eigenvalue weighted by molar-refractivity contribution is 5.91. The third-order valence-electron chi connectivity index (χ3n) is 25.7. The number of carbonyl (C=O) groups excluding carboxylic acids is 5. The monoisotopic (exact) mass is 1480 g/mol. The van der Waals surface area contributed by atoms with Crippen molar-refractivity contribution in [3.05, 3.63) is 155 Å². The number of ether oxygens (including phenoxy) is 6. The van der Waals surface area contributed by atoms with Crippen LogP contribution in [0, 0.1) is 11.8 Å². The normalized spacial score (nSPS) is 25.6. The predicted octanol–water partition coefficient (Wildman–Crippen LogP) is 16.9. The van der Waals surface area contributed by atoms with Gasteiger partial charge in [0.05, 0.1) is 41.2 Å². The molecule has 0 radical (unpaired) electrons. The topological polar surface area (TPSA) is 227 Å². The number of nitrogens with one attached hydrogen (secondary N) is 4. The molecule has 17 rings (SSSR count). The molecule has 8 fully saturated rings. The SMILES string of the molecule is CCCC1CCC(N2CCC3(CC2)OC(=O)Nc2ccccc23)CC1.CCOC(=O)N1CCC(CN2CCC3(CC2)OC(=O)Nc2ccccc23)CC1.COC1CCCCC1N1CCC2(CC1)OC(=O)Nc1ccccc12.O=C1Nc2ccccc2C2(CCN(C3CCC(=NOCc4ccccc4)CC3)CC2)O1. The van der Waals surface area contributed by atoms with Crippen LogP contribution in [0.15, 0.2) is 133 Å². The van der Waals surface area contributed by atoms with Gasteiger partial charge in [0, 0.05) is 171 Å². The molecule has 4 N–H and O–H groups in total. The molecule has 3 saturated carbocycles. The number of fused-ring (bicyclic) bond motifs is 8. The highest BCUT2D eigenvalue weighted by atomic mass is 16.6. The Labute approximate surface area is 637 Å². The van der Waals surface area contributed by atoms with Crippen molar-refractivity contribution in [1.82, 2.24) is 24.5 Å². The molecule has 0 aromatic heterocycles. The van der Waals surface area contributed by atoms with Crippen LogP contribution in [0.25, 0.3) is 0 Å². The first-order valence-electron chi connectivity index (χ1n) is 40.7. The van der Waals surface area contributed by atoms with E-state index in [1.54, 1.807) is 0 Å². The standard InChI is InChI=1S/C25H29N3O3.C21H29N3O4.C21H30N2O2.C19H26N2O3/c29-24-26-23-9-5-4-8-22(23)25(31-24)14-16-28(17-15-25)21-12-10-20(11-13-21)27-30-18-19-6-2-1-3-7-19;1-2-27-20(26)24-11-7-16(8-12-24)15-23-13-9-21(10-14-23)17-5-3-4-6-18(17)22-19(25)28-21;1-2-5-16-8-10-17(11-9-16)23-14-12-21(13-15-23)18-6-3-4-7-19(18)22-20(24)25-21;1-23-17-9-5-4-8-16(17)21-12-10-19(11-13-21)14-6-2-3-7-15(14)20-18(22)24-19/h1-9,21H,10-18H2,(H,26,29);3-6,16H,2,7-15H2,1H3,(H,22,25);3-4,6-7,16-17H,2,5,8-15H2,1H3,(H,22,24);2-3,6-7,16-17H,4-5,8-13H2,1H3,(H,20,22). The average molecular weight is 1480 g/mol. The van der Waals surface area contributed by atoms with Crippen molar-refractivity contribution < 1.29 is 57.2 Å². The van der Waals surface area contributed by atoms with Crippen LogP contribution in [0.3, 0.4) is 0 Å². The summed E-state index contributed by atoms with van der Waals surface area (Å²) in [6.45, 7) is 15.4. The lowest BCUT2D eigenvalue weighted by Gasteiger charge is -2.48. The van der Waals surface area contributed by atoms with Crippen LogP contribution in [0.2, 0.25) is 0 Å². The number of methoxy groups -OCH3 is 1. The van der Waals surface area contributed by atoms with Crippen LogP contribution < -0.4 is 21.3 Å². The van der Waals surface area contributed by atoms with Gasteiger partial charge in [-0.2, -0.15) is 0 Å². The Bertz CT molecular complexity index is 3870. The third-order valence-corrected chi connectivity index (χ3v) is 25.7. The van der Waals surface area contributed by atoms with Gasteiger partial charge in [-0.05, 0) is 126 Å². The van der Waals surface area contributed by atoms with Gasteiger partial charge in [-0.1, -0.05) is 141 Å². The first-order chi connectivity index (χ1) is 52.7. The fraction of sp³-hybridized carbons (Fsp3) is 0.581. The number of para-hydroxylation sites is 4. The van der Waals surface area contributed by atoms with Crippen LogP contribution >= 0.6 is 0 Å². The molecule has 3 aliphatic carbocycles. The van der Waals surface area contributed by atoms with Crippen molar-refractivity contribution in [2.24, 2.45) is 17.0 Å². The maximum absolute atomic E-state index is 12.1. The predicted molar refractivity (Wildman–Crippen MR) is 417 cm³/mol. The summed E-state index contributed by atoms with van der Waals surface area (Å²) in [5.41, 5.74) is 8.51. The van der Waals surface area contributed by atoms with Crippen molar-refractivity contribution in [3.63, 3.8) is 0 Å². The van der Waals surface area contributed by atoms with Crippen LogP contribution in [-0.4, -0.2) is 171 Å². The number of amides is 5. The summed E-state index contributed by atoms with van der Waals surface area (Å²) in [5, 5.41) is 15.7. The molecule has 9 heterocycles. The number of carbonyl (C=O) groups is 5. The summed E-state index contributed by atoms with van der Waals surface area (Å²) in [6.07, 6.45) is 25.0. The molecule has 5 amide bonds. The van der Waals surface area contributed by atoms with E-state index < -0.39 is 22.4 Å². The quantitative estimate of drug-likeness (QED) is 0.0673. The van der Waals surface area contributed by atoms with Gasteiger partial charge >= 0.3 is 30.5 Å². The molecule has 5 aromatic rings. The minimum Gasteiger partial charge on any atom is -0.450 e. The molecule has 2 unspecified atom stereocenters. The minimum atomic E-state index is -0.497. The number of hydrogen-bond donors (Lipinski definition) is 4. The van der Waals surface area contributed by atoms with Gasteiger partial charge in [-0.25, -0.2) is 24.0 Å². The lowest BCUT2D eigenvalue weighted by atomic mass is 9.79. The Morgan fingerprint density at radius 3 is 1.31 bits per heavy atom. The molecule has 12 aliphatic rings. The maximum atomic E-state index is 12.1. The van der Waals surface area contributed by atoms with Crippen LogP contribution in [0.4, 0.5) is 46.7 Å². The molecule has 5 aromatic carbocycles. The Kier molecular flexibility index (Phi) is 24.9. The van der Waals surface area contributed by atoms with E-state index in [9.17, 15) is 24.0 Å². The van der Waals surface area contributed by atoms with Gasteiger partial charge in [-0.15, -0.1) is 0 Å². The van der Waals surface area contributed by atoms with E-state index in [2.05, 4.69) is 89.3 Å². The summed E-state index contributed by atoms with van der Waals surface area (Å²) in [4.78, 5) is 77.7. The highest BCUT2D eigenvalue weighted by Gasteiger charge is 2.50. The van der Waals surface area contributed by atoms with E-state index in [4.69, 9.17) is 33.3 Å². The smallest absolute Gasteiger partial charge is 0.412 e. The zero-order valence-corrected chi connectivity index (χ0v) is 63.8. The van der Waals surface area contributed by atoms with Gasteiger partial charge in [0.25, 0.3) is 0 Å². The fourth-order valence-corrected chi connectivity index (χ4v) is 19.7. The van der Waals surface area contributed by atoms with Gasteiger partial charge in [0.2, 0.25) is 0 Å². The Morgan fingerprint density at radius 2 is 0.870 bits per heavy atom. The Hall–Kier alpha value is -8.28. The van der Waals surface area contributed by atoms with E-state index in [-0.39, 0.29) is 30.5 Å². The number of benzene rings is 5. The summed E-state index contributed by atoms with van der Waals surface area (Å²) in [7, 11) is 1.83. The number of anilines is 4. The largest absolute Gasteiger partial charge is 0.450 e. The van der Waals surface area contributed by atoms with Crippen molar-refractivity contribution in [2.45, 2.75) is 221 Å². The lowest BCUT2D eigenvalue weighted by Crippen LogP contribution is -2.54. The maximum Gasteiger partial charge on any atom is 0.412 e. The number of rotatable bonds is 12. The summed E-state index contributed by atoms with van der Waals surface area (Å²) >= 11 is 0. The summed E-state index contributed by atoms with van der Waals surface area (Å²) in [6, 6.07) is 44.1. The van der Waals surface area contributed by atoms with E-state index >= 15 is 0 Å². The Balaban J connectivity index is 0.000000121. The van der Waals surface area contributed by atoms with Crippen LogP contribution in [-0.2, 0) is 62.3 Å². The second kappa shape index (κ2) is 35.2. The van der Waals surface area contributed by atoms with E-state index in [1.807, 2.05) is 110 Å².